The molecule has 0 fully saturated rings. The fourth-order valence-electron chi connectivity index (χ4n) is 1.71. The van der Waals surface area contributed by atoms with Gasteiger partial charge in [0.25, 0.3) is 0 Å². The Kier molecular flexibility index (Phi) is 3.54. The first-order valence-corrected chi connectivity index (χ1v) is 5.71. The summed E-state index contributed by atoms with van der Waals surface area (Å²) in [6.07, 6.45) is -3.34. The van der Waals surface area contributed by atoms with Crippen LogP contribution in [0.2, 0.25) is 0 Å². The predicted octanol–water partition coefficient (Wildman–Crippen LogP) is 2.26. The van der Waals surface area contributed by atoms with Crippen molar-refractivity contribution in [1.82, 2.24) is 9.78 Å². The molecule has 0 bridgehead atoms. The van der Waals surface area contributed by atoms with E-state index in [1.165, 1.54) is 25.3 Å². The van der Waals surface area contributed by atoms with E-state index >= 15 is 0 Å². The Morgan fingerprint density at radius 3 is 2.57 bits per heavy atom. The van der Waals surface area contributed by atoms with Crippen molar-refractivity contribution in [3.8, 4) is 5.69 Å². The highest BCUT2D eigenvalue weighted by Crippen LogP contribution is 2.30. The fraction of sp³-hybridized carbons (Fsp3) is 0.154. The number of hydrogen-bond acceptors (Lipinski definition) is 3. The molecule has 0 aliphatic carbocycles. The molecular weight excluding hydrogens is 289 g/mol. The van der Waals surface area contributed by atoms with Crippen molar-refractivity contribution in [2.75, 3.05) is 0 Å². The third-order valence-corrected chi connectivity index (χ3v) is 2.74. The molecule has 1 N–H and O–H groups in total. The number of aromatic carboxylic acids is 1. The van der Waals surface area contributed by atoms with Gasteiger partial charge in [-0.3, -0.25) is 4.79 Å². The van der Waals surface area contributed by atoms with Crippen LogP contribution in [0.4, 0.5) is 13.2 Å². The second-order valence-electron chi connectivity index (χ2n) is 4.29. The van der Waals surface area contributed by atoms with Crippen molar-refractivity contribution in [1.29, 1.82) is 0 Å². The minimum Gasteiger partial charge on any atom is -0.476 e. The summed E-state index contributed by atoms with van der Waals surface area (Å²) < 4.78 is 38.9. The monoisotopic (exact) mass is 298 g/mol. The highest BCUT2D eigenvalue weighted by molar-refractivity contribution is 5.85. The maximum absolute atomic E-state index is 12.7. The van der Waals surface area contributed by atoms with Crippen molar-refractivity contribution < 1.29 is 23.1 Å². The van der Waals surface area contributed by atoms with Crippen LogP contribution in [0.25, 0.3) is 5.69 Å². The third kappa shape index (κ3) is 2.93. The number of alkyl halides is 3. The van der Waals surface area contributed by atoms with E-state index in [0.29, 0.717) is 0 Å². The van der Waals surface area contributed by atoms with Gasteiger partial charge in [0, 0.05) is 11.8 Å². The summed E-state index contributed by atoms with van der Waals surface area (Å²) >= 11 is 0. The molecule has 0 aliphatic heterocycles. The maximum atomic E-state index is 12.7. The van der Waals surface area contributed by atoms with Gasteiger partial charge in [-0.05, 0) is 25.1 Å². The highest BCUT2D eigenvalue weighted by Gasteiger charge is 2.30. The van der Waals surface area contributed by atoms with E-state index in [4.69, 9.17) is 5.11 Å². The van der Waals surface area contributed by atoms with E-state index < -0.39 is 28.8 Å². The number of rotatable bonds is 2. The quantitative estimate of drug-likeness (QED) is 0.923. The standard InChI is InChI=1S/C13H9F3N2O3/c1-7-6-18(17-10(11(7)19)12(20)21)9-4-2-3-8(5-9)13(14,15)16/h2-6H,1H3,(H,20,21). The van der Waals surface area contributed by atoms with Crippen molar-refractivity contribution in [3.63, 3.8) is 0 Å². The zero-order chi connectivity index (χ0) is 15.8. The minimum atomic E-state index is -4.53. The Balaban J connectivity index is 2.63. The lowest BCUT2D eigenvalue weighted by Crippen LogP contribution is -2.23. The molecule has 0 amide bonds. The number of carbonyl (C=O) groups is 1. The molecule has 0 atom stereocenters. The van der Waals surface area contributed by atoms with Crippen molar-refractivity contribution >= 4 is 5.97 Å². The van der Waals surface area contributed by atoms with Crippen molar-refractivity contribution in [3.05, 3.63) is 57.5 Å². The summed E-state index contributed by atoms with van der Waals surface area (Å²) in [5, 5.41) is 12.5. The Morgan fingerprint density at radius 1 is 1.33 bits per heavy atom. The van der Waals surface area contributed by atoms with Crippen LogP contribution in [-0.2, 0) is 6.18 Å². The second kappa shape index (κ2) is 5.04. The van der Waals surface area contributed by atoms with Crippen LogP contribution >= 0.6 is 0 Å². The molecule has 0 saturated heterocycles. The summed E-state index contributed by atoms with van der Waals surface area (Å²) in [6.45, 7) is 1.36. The molecule has 0 saturated carbocycles. The molecule has 0 aliphatic rings. The van der Waals surface area contributed by atoms with Crippen LogP contribution < -0.4 is 5.43 Å². The number of aromatic nitrogens is 2. The van der Waals surface area contributed by atoms with Crippen molar-refractivity contribution in [2.45, 2.75) is 13.1 Å². The molecule has 0 radical (unpaired) electrons. The van der Waals surface area contributed by atoms with Gasteiger partial charge in [-0.15, -0.1) is 0 Å². The van der Waals surface area contributed by atoms with Crippen LogP contribution in [0.15, 0.2) is 35.3 Å². The largest absolute Gasteiger partial charge is 0.476 e. The van der Waals surface area contributed by atoms with Crippen LogP contribution in [0.1, 0.15) is 21.6 Å². The van der Waals surface area contributed by atoms with Gasteiger partial charge >= 0.3 is 12.1 Å². The molecule has 1 heterocycles. The number of carboxylic acids is 1. The van der Waals surface area contributed by atoms with Gasteiger partial charge in [0.05, 0.1) is 11.3 Å². The minimum absolute atomic E-state index is 0.00965. The topological polar surface area (TPSA) is 72.2 Å². The van der Waals surface area contributed by atoms with E-state index in [1.54, 1.807) is 0 Å². The molecule has 110 valence electrons. The van der Waals surface area contributed by atoms with E-state index in [9.17, 15) is 22.8 Å². The number of carboxylic acid groups (broad SMARTS) is 1. The first kappa shape index (κ1) is 14.8. The van der Waals surface area contributed by atoms with Crippen LogP contribution in [-0.4, -0.2) is 20.9 Å². The van der Waals surface area contributed by atoms with Gasteiger partial charge in [0.15, 0.2) is 0 Å². The molecule has 0 unspecified atom stereocenters. The van der Waals surface area contributed by atoms with Crippen LogP contribution in [0, 0.1) is 6.92 Å². The SMILES string of the molecule is Cc1cn(-c2cccc(C(F)(F)F)c2)nc(C(=O)O)c1=O. The third-order valence-electron chi connectivity index (χ3n) is 2.74. The van der Waals surface area contributed by atoms with Gasteiger partial charge < -0.3 is 5.11 Å². The zero-order valence-corrected chi connectivity index (χ0v) is 10.7. The predicted molar refractivity (Wildman–Crippen MR) is 66.5 cm³/mol. The van der Waals surface area contributed by atoms with E-state index in [-0.39, 0.29) is 11.3 Å². The molecule has 1 aromatic heterocycles. The van der Waals surface area contributed by atoms with Gasteiger partial charge in [-0.25, -0.2) is 9.48 Å². The van der Waals surface area contributed by atoms with Crippen molar-refractivity contribution in [2.24, 2.45) is 0 Å². The Bertz CT molecular complexity index is 766. The van der Waals surface area contributed by atoms with Gasteiger partial charge in [-0.2, -0.15) is 18.3 Å². The normalized spacial score (nSPS) is 11.4. The lowest BCUT2D eigenvalue weighted by atomic mass is 10.2. The molecular formula is C13H9F3N2O3. The maximum Gasteiger partial charge on any atom is 0.416 e. The Morgan fingerprint density at radius 2 is 2.00 bits per heavy atom. The first-order valence-electron chi connectivity index (χ1n) is 5.71. The molecule has 2 aromatic rings. The van der Waals surface area contributed by atoms with Crippen LogP contribution in [0.3, 0.4) is 0 Å². The number of nitrogens with zero attached hydrogens (tertiary/aromatic N) is 2. The number of benzene rings is 1. The van der Waals surface area contributed by atoms with Gasteiger partial charge in [0.1, 0.15) is 0 Å². The summed E-state index contributed by atoms with van der Waals surface area (Å²) in [6, 6.07) is 4.21. The molecule has 5 nitrogen and oxygen atoms in total. The number of halogens is 3. The summed E-state index contributed by atoms with van der Waals surface area (Å²) in [7, 11) is 0. The highest BCUT2D eigenvalue weighted by atomic mass is 19.4. The molecule has 1 aromatic carbocycles. The van der Waals surface area contributed by atoms with Gasteiger partial charge in [-0.1, -0.05) is 6.07 Å². The first-order chi connectivity index (χ1) is 9.70. The average molecular weight is 298 g/mol. The Labute approximate surface area is 116 Å². The van der Waals surface area contributed by atoms with E-state index in [1.807, 2.05) is 0 Å². The van der Waals surface area contributed by atoms with E-state index in [2.05, 4.69) is 5.10 Å². The summed E-state index contributed by atoms with van der Waals surface area (Å²) in [5.41, 5.74) is -2.33. The molecule has 2 rings (SSSR count). The lowest BCUT2D eigenvalue weighted by molar-refractivity contribution is -0.137. The summed E-state index contributed by atoms with van der Waals surface area (Å²) in [5.74, 6) is -1.54. The molecule has 0 spiro atoms. The fourth-order valence-corrected chi connectivity index (χ4v) is 1.71. The number of hydrogen-bond donors (Lipinski definition) is 1. The summed E-state index contributed by atoms with van der Waals surface area (Å²) in [4.78, 5) is 22.5. The van der Waals surface area contributed by atoms with E-state index in [0.717, 1.165) is 16.8 Å². The second-order valence-corrected chi connectivity index (χ2v) is 4.29. The average Bonchev–Trinajstić information content (AvgIpc) is 2.40. The van der Waals surface area contributed by atoms with Gasteiger partial charge in [0.2, 0.25) is 11.1 Å². The smallest absolute Gasteiger partial charge is 0.416 e. The zero-order valence-electron chi connectivity index (χ0n) is 10.7. The van der Waals surface area contributed by atoms with Crippen LogP contribution in [0.5, 0.6) is 0 Å². The number of aryl methyl sites for hydroxylation is 1. The Hall–Kier alpha value is -2.64. The molecule has 8 heteroatoms. The lowest BCUT2D eigenvalue weighted by Gasteiger charge is -2.11. The molecule has 21 heavy (non-hydrogen) atoms.